The van der Waals surface area contributed by atoms with Gasteiger partial charge in [0.25, 0.3) is 0 Å². The van der Waals surface area contributed by atoms with Crippen molar-refractivity contribution in [1.29, 1.82) is 0 Å². The standard InChI is InChI=1S/C11H15N5/c1-8-6-9(16(2)15-8)7-10(12)11-13-4-3-5-14-11/h3-6,10H,7,12H2,1-2H3. The van der Waals surface area contributed by atoms with Crippen LogP contribution in [0.2, 0.25) is 0 Å². The van der Waals surface area contributed by atoms with E-state index in [1.165, 1.54) is 0 Å². The molecule has 5 nitrogen and oxygen atoms in total. The average molecular weight is 217 g/mol. The second-order valence-corrected chi connectivity index (χ2v) is 3.82. The second-order valence-electron chi connectivity index (χ2n) is 3.82. The number of nitrogens with two attached hydrogens (primary N) is 1. The molecule has 2 rings (SSSR count). The van der Waals surface area contributed by atoms with Crippen molar-refractivity contribution in [3.63, 3.8) is 0 Å². The third kappa shape index (κ3) is 2.25. The SMILES string of the molecule is Cc1cc(CC(N)c2ncccn2)n(C)n1. The molecule has 0 spiro atoms. The Bertz CT molecular complexity index is 462. The van der Waals surface area contributed by atoms with Gasteiger partial charge in [0, 0.05) is 31.6 Å². The Hall–Kier alpha value is -1.75. The lowest BCUT2D eigenvalue weighted by molar-refractivity contribution is 0.613. The molecule has 2 N–H and O–H groups in total. The number of nitrogens with zero attached hydrogens (tertiary/aromatic N) is 4. The normalized spacial score (nSPS) is 12.7. The molecule has 1 unspecified atom stereocenters. The Morgan fingerprint density at radius 2 is 2.06 bits per heavy atom. The van der Waals surface area contributed by atoms with Crippen LogP contribution in [-0.2, 0) is 13.5 Å². The fourth-order valence-corrected chi connectivity index (χ4v) is 1.67. The molecule has 0 amide bonds. The van der Waals surface area contributed by atoms with Crippen molar-refractivity contribution in [3.8, 4) is 0 Å². The highest BCUT2D eigenvalue weighted by Crippen LogP contribution is 2.12. The summed E-state index contributed by atoms with van der Waals surface area (Å²) < 4.78 is 1.85. The third-order valence-corrected chi connectivity index (χ3v) is 2.45. The van der Waals surface area contributed by atoms with Crippen LogP contribution in [0, 0.1) is 6.92 Å². The number of hydrogen-bond acceptors (Lipinski definition) is 4. The highest BCUT2D eigenvalue weighted by Gasteiger charge is 2.12. The Morgan fingerprint density at radius 1 is 1.38 bits per heavy atom. The van der Waals surface area contributed by atoms with Crippen LogP contribution in [0.15, 0.2) is 24.5 Å². The lowest BCUT2D eigenvalue weighted by Crippen LogP contribution is -2.17. The summed E-state index contributed by atoms with van der Waals surface area (Å²) in [5.74, 6) is 0.668. The third-order valence-electron chi connectivity index (χ3n) is 2.45. The van der Waals surface area contributed by atoms with Gasteiger partial charge < -0.3 is 5.73 Å². The summed E-state index contributed by atoms with van der Waals surface area (Å²) in [6.07, 6.45) is 4.11. The van der Waals surface area contributed by atoms with E-state index in [-0.39, 0.29) is 6.04 Å². The lowest BCUT2D eigenvalue weighted by Gasteiger charge is -2.09. The van der Waals surface area contributed by atoms with E-state index in [1.54, 1.807) is 18.5 Å². The first-order valence-electron chi connectivity index (χ1n) is 5.19. The van der Waals surface area contributed by atoms with Gasteiger partial charge in [-0.15, -0.1) is 0 Å². The molecule has 5 heteroatoms. The fraction of sp³-hybridized carbons (Fsp3) is 0.364. The molecule has 2 heterocycles. The maximum absolute atomic E-state index is 6.04. The fourth-order valence-electron chi connectivity index (χ4n) is 1.67. The minimum absolute atomic E-state index is 0.184. The van der Waals surface area contributed by atoms with E-state index < -0.39 is 0 Å². The zero-order valence-corrected chi connectivity index (χ0v) is 9.46. The summed E-state index contributed by atoms with van der Waals surface area (Å²) in [6, 6.07) is 3.63. The molecule has 0 saturated carbocycles. The van der Waals surface area contributed by atoms with Crippen molar-refractivity contribution < 1.29 is 0 Å². The smallest absolute Gasteiger partial charge is 0.145 e. The highest BCUT2D eigenvalue weighted by molar-refractivity contribution is 5.11. The van der Waals surface area contributed by atoms with E-state index in [0.717, 1.165) is 11.4 Å². The molecule has 0 saturated heterocycles. The van der Waals surface area contributed by atoms with Gasteiger partial charge in [-0.2, -0.15) is 5.10 Å². The average Bonchev–Trinajstić information content (AvgIpc) is 2.59. The quantitative estimate of drug-likeness (QED) is 0.824. The first kappa shape index (κ1) is 10.8. The van der Waals surface area contributed by atoms with Crippen LogP contribution < -0.4 is 5.73 Å². The van der Waals surface area contributed by atoms with Gasteiger partial charge in [-0.25, -0.2) is 9.97 Å². The zero-order valence-electron chi connectivity index (χ0n) is 9.46. The predicted octanol–water partition coefficient (Wildman–Crippen LogP) is 0.761. The molecule has 0 fully saturated rings. The van der Waals surface area contributed by atoms with E-state index in [9.17, 15) is 0 Å². The molecule has 0 bridgehead atoms. The maximum atomic E-state index is 6.04. The van der Waals surface area contributed by atoms with Crippen molar-refractivity contribution in [3.05, 3.63) is 41.7 Å². The van der Waals surface area contributed by atoms with Gasteiger partial charge >= 0.3 is 0 Å². The van der Waals surface area contributed by atoms with E-state index in [1.807, 2.05) is 24.7 Å². The van der Waals surface area contributed by atoms with Crippen LogP contribution in [0.25, 0.3) is 0 Å². The maximum Gasteiger partial charge on any atom is 0.145 e. The van der Waals surface area contributed by atoms with Gasteiger partial charge in [0.2, 0.25) is 0 Å². The van der Waals surface area contributed by atoms with Gasteiger partial charge in [0.1, 0.15) is 5.82 Å². The van der Waals surface area contributed by atoms with E-state index in [2.05, 4.69) is 15.1 Å². The van der Waals surface area contributed by atoms with Gasteiger partial charge in [-0.3, -0.25) is 4.68 Å². The summed E-state index contributed by atoms with van der Waals surface area (Å²) in [5, 5.41) is 4.28. The molecule has 0 aliphatic heterocycles. The van der Waals surface area contributed by atoms with Gasteiger partial charge in [-0.1, -0.05) is 0 Å². The van der Waals surface area contributed by atoms with Crippen molar-refractivity contribution >= 4 is 0 Å². The van der Waals surface area contributed by atoms with E-state index >= 15 is 0 Å². The number of aryl methyl sites for hydroxylation is 2. The Labute approximate surface area is 94.3 Å². The minimum Gasteiger partial charge on any atom is -0.321 e. The molecule has 1 atom stereocenters. The first-order chi connectivity index (χ1) is 7.66. The molecule has 84 valence electrons. The van der Waals surface area contributed by atoms with Crippen molar-refractivity contribution in [2.45, 2.75) is 19.4 Å². The van der Waals surface area contributed by atoms with E-state index in [0.29, 0.717) is 12.2 Å². The summed E-state index contributed by atoms with van der Waals surface area (Å²) in [6.45, 7) is 1.97. The molecule has 0 aromatic carbocycles. The molecular weight excluding hydrogens is 202 g/mol. The minimum atomic E-state index is -0.184. The van der Waals surface area contributed by atoms with Gasteiger partial charge in [0.15, 0.2) is 0 Å². The Balaban J connectivity index is 2.14. The molecule has 0 radical (unpaired) electrons. The molecule has 0 aliphatic carbocycles. The van der Waals surface area contributed by atoms with Crippen molar-refractivity contribution in [1.82, 2.24) is 19.7 Å². The summed E-state index contributed by atoms with van der Waals surface area (Å²) >= 11 is 0. The first-order valence-corrected chi connectivity index (χ1v) is 5.19. The number of aromatic nitrogens is 4. The van der Waals surface area contributed by atoms with Crippen molar-refractivity contribution in [2.75, 3.05) is 0 Å². The summed E-state index contributed by atoms with van der Waals surface area (Å²) in [4.78, 5) is 8.29. The van der Waals surface area contributed by atoms with E-state index in [4.69, 9.17) is 5.73 Å². The second kappa shape index (κ2) is 4.40. The monoisotopic (exact) mass is 217 g/mol. The van der Waals surface area contributed by atoms with Crippen molar-refractivity contribution in [2.24, 2.45) is 12.8 Å². The highest BCUT2D eigenvalue weighted by atomic mass is 15.3. The molecule has 2 aromatic rings. The molecule has 16 heavy (non-hydrogen) atoms. The van der Waals surface area contributed by atoms with Gasteiger partial charge in [-0.05, 0) is 19.1 Å². The topological polar surface area (TPSA) is 69.6 Å². The van der Waals surface area contributed by atoms with Crippen LogP contribution in [0.3, 0.4) is 0 Å². The van der Waals surface area contributed by atoms with Crippen LogP contribution in [0.1, 0.15) is 23.3 Å². The van der Waals surface area contributed by atoms with Crippen LogP contribution in [0.4, 0.5) is 0 Å². The predicted molar refractivity (Wildman–Crippen MR) is 60.6 cm³/mol. The lowest BCUT2D eigenvalue weighted by atomic mass is 10.1. The van der Waals surface area contributed by atoms with Crippen LogP contribution >= 0.6 is 0 Å². The Kier molecular flexibility index (Phi) is 2.96. The number of hydrogen-bond donors (Lipinski definition) is 1. The van der Waals surface area contributed by atoms with Crippen LogP contribution in [-0.4, -0.2) is 19.7 Å². The molecular formula is C11H15N5. The molecule has 0 aliphatic rings. The van der Waals surface area contributed by atoms with Gasteiger partial charge in [0.05, 0.1) is 11.7 Å². The summed E-state index contributed by atoms with van der Waals surface area (Å²) in [7, 11) is 1.92. The number of rotatable bonds is 3. The summed E-state index contributed by atoms with van der Waals surface area (Å²) in [5.41, 5.74) is 8.13. The largest absolute Gasteiger partial charge is 0.321 e. The van der Waals surface area contributed by atoms with Crippen LogP contribution in [0.5, 0.6) is 0 Å². The zero-order chi connectivity index (χ0) is 11.5. The molecule has 2 aromatic heterocycles. The Morgan fingerprint density at radius 3 is 2.62 bits per heavy atom.